The summed E-state index contributed by atoms with van der Waals surface area (Å²) in [6.45, 7) is 1.81. The van der Waals surface area contributed by atoms with Gasteiger partial charge in [-0.1, -0.05) is 6.07 Å². The van der Waals surface area contributed by atoms with Crippen molar-refractivity contribution in [3.63, 3.8) is 0 Å². The Kier molecular flexibility index (Phi) is 3.67. The molecule has 0 aliphatic rings. The van der Waals surface area contributed by atoms with E-state index in [1.54, 1.807) is 13.1 Å². The normalized spacial score (nSPS) is 12.4. The van der Waals surface area contributed by atoms with E-state index in [1.165, 1.54) is 18.3 Å². The molecule has 1 N–H and O–H groups in total. The smallest absolute Gasteiger partial charge is 0.146 e. The van der Waals surface area contributed by atoms with Crippen molar-refractivity contribution < 1.29 is 8.78 Å². The number of rotatable bonds is 3. The predicted molar refractivity (Wildman–Crippen MR) is 66.2 cm³/mol. The van der Waals surface area contributed by atoms with Crippen LogP contribution in [0.1, 0.15) is 22.7 Å². The molecule has 1 aromatic heterocycles. The summed E-state index contributed by atoms with van der Waals surface area (Å²) in [7, 11) is 1.71. The Labute approximate surface area is 105 Å². The Hall–Kier alpha value is -1.81. The van der Waals surface area contributed by atoms with Gasteiger partial charge in [0.1, 0.15) is 11.6 Å². The number of halogens is 2. The Morgan fingerprint density at radius 2 is 2.00 bits per heavy atom. The highest BCUT2D eigenvalue weighted by Crippen LogP contribution is 2.25. The highest BCUT2D eigenvalue weighted by atomic mass is 19.1. The number of aromatic nitrogens is 1. The molecule has 0 fully saturated rings. The van der Waals surface area contributed by atoms with Crippen LogP contribution in [-0.2, 0) is 0 Å². The topological polar surface area (TPSA) is 24.9 Å². The van der Waals surface area contributed by atoms with E-state index in [2.05, 4.69) is 10.3 Å². The Bertz CT molecular complexity index is 535. The maximum absolute atomic E-state index is 13.7. The van der Waals surface area contributed by atoms with E-state index in [-0.39, 0.29) is 11.9 Å². The molecule has 4 heteroatoms. The second kappa shape index (κ2) is 5.23. The van der Waals surface area contributed by atoms with Gasteiger partial charge in [0.2, 0.25) is 0 Å². The molecule has 1 atom stereocenters. The molecule has 94 valence electrons. The van der Waals surface area contributed by atoms with E-state index in [4.69, 9.17) is 0 Å². The van der Waals surface area contributed by atoms with Gasteiger partial charge in [-0.15, -0.1) is 0 Å². The molecule has 1 heterocycles. The third-order valence-electron chi connectivity index (χ3n) is 2.80. The number of nitrogens with one attached hydrogen (secondary N) is 1. The lowest BCUT2D eigenvalue weighted by atomic mass is 9.98. The zero-order valence-corrected chi connectivity index (χ0v) is 10.2. The van der Waals surface area contributed by atoms with E-state index in [0.717, 1.165) is 11.8 Å². The zero-order valence-electron chi connectivity index (χ0n) is 10.2. The minimum absolute atomic E-state index is 0.320. The van der Waals surface area contributed by atoms with Gasteiger partial charge in [0.05, 0.1) is 12.2 Å². The van der Waals surface area contributed by atoms with Gasteiger partial charge in [0.15, 0.2) is 0 Å². The van der Waals surface area contributed by atoms with Gasteiger partial charge in [-0.25, -0.2) is 8.78 Å². The lowest BCUT2D eigenvalue weighted by Gasteiger charge is -2.18. The minimum Gasteiger partial charge on any atom is -0.309 e. The maximum Gasteiger partial charge on any atom is 0.146 e. The molecule has 0 saturated heterocycles. The number of hydrogen-bond acceptors (Lipinski definition) is 2. The van der Waals surface area contributed by atoms with E-state index in [9.17, 15) is 8.78 Å². The average molecular weight is 248 g/mol. The second-order valence-corrected chi connectivity index (χ2v) is 4.18. The van der Waals surface area contributed by atoms with Crippen molar-refractivity contribution in [2.75, 3.05) is 7.05 Å². The molecule has 2 rings (SSSR count). The largest absolute Gasteiger partial charge is 0.309 e. The first kappa shape index (κ1) is 12.6. The molecule has 0 aliphatic heterocycles. The average Bonchev–Trinajstić information content (AvgIpc) is 2.31. The molecular weight excluding hydrogens is 234 g/mol. The van der Waals surface area contributed by atoms with Crippen LogP contribution in [-0.4, -0.2) is 12.0 Å². The summed E-state index contributed by atoms with van der Waals surface area (Å²) in [5.74, 6) is -0.724. The van der Waals surface area contributed by atoms with Crippen LogP contribution >= 0.6 is 0 Å². The molecular formula is C14H14F2N2. The molecule has 1 aromatic carbocycles. The third kappa shape index (κ3) is 2.54. The molecule has 2 nitrogen and oxygen atoms in total. The van der Waals surface area contributed by atoms with Gasteiger partial charge in [0, 0.05) is 11.8 Å². The quantitative estimate of drug-likeness (QED) is 0.903. The molecule has 0 saturated carbocycles. The van der Waals surface area contributed by atoms with E-state index in [0.29, 0.717) is 11.1 Å². The van der Waals surface area contributed by atoms with E-state index < -0.39 is 5.82 Å². The highest BCUT2D eigenvalue weighted by Gasteiger charge is 2.16. The fourth-order valence-corrected chi connectivity index (χ4v) is 2.05. The summed E-state index contributed by atoms with van der Waals surface area (Å²) >= 11 is 0. The van der Waals surface area contributed by atoms with Gasteiger partial charge in [-0.2, -0.15) is 0 Å². The summed E-state index contributed by atoms with van der Waals surface area (Å²) in [6.07, 6.45) is 2.68. The molecule has 0 spiro atoms. The number of aryl methyl sites for hydroxylation is 1. The van der Waals surface area contributed by atoms with Crippen LogP contribution < -0.4 is 5.32 Å². The maximum atomic E-state index is 13.7. The zero-order chi connectivity index (χ0) is 13.1. The monoisotopic (exact) mass is 248 g/mol. The third-order valence-corrected chi connectivity index (χ3v) is 2.80. The van der Waals surface area contributed by atoms with Crippen LogP contribution in [0.2, 0.25) is 0 Å². The van der Waals surface area contributed by atoms with Gasteiger partial charge in [-0.3, -0.25) is 4.98 Å². The molecule has 1 unspecified atom stereocenters. The van der Waals surface area contributed by atoms with Crippen molar-refractivity contribution in [3.8, 4) is 0 Å². The summed E-state index contributed by atoms with van der Waals surface area (Å²) in [6, 6.07) is 5.90. The van der Waals surface area contributed by atoms with Crippen molar-refractivity contribution in [1.82, 2.24) is 10.3 Å². The second-order valence-electron chi connectivity index (χ2n) is 4.18. The van der Waals surface area contributed by atoms with Crippen molar-refractivity contribution in [3.05, 3.63) is 65.0 Å². The van der Waals surface area contributed by atoms with Crippen molar-refractivity contribution >= 4 is 0 Å². The molecule has 0 bridgehead atoms. The van der Waals surface area contributed by atoms with Gasteiger partial charge >= 0.3 is 0 Å². The molecule has 0 amide bonds. The summed E-state index contributed by atoms with van der Waals surface area (Å²) < 4.78 is 27.1. The summed E-state index contributed by atoms with van der Waals surface area (Å²) in [5.41, 5.74) is 1.96. The van der Waals surface area contributed by atoms with Gasteiger partial charge < -0.3 is 5.32 Å². The van der Waals surface area contributed by atoms with Crippen LogP contribution in [0.4, 0.5) is 8.78 Å². The van der Waals surface area contributed by atoms with Crippen LogP contribution in [0.3, 0.4) is 0 Å². The van der Waals surface area contributed by atoms with Gasteiger partial charge in [-0.05, 0) is 43.3 Å². The lowest BCUT2D eigenvalue weighted by Crippen LogP contribution is -2.19. The molecule has 2 aromatic rings. The number of hydrogen-bond donors (Lipinski definition) is 1. The van der Waals surface area contributed by atoms with E-state index in [1.807, 2.05) is 13.0 Å². The summed E-state index contributed by atoms with van der Waals surface area (Å²) in [5, 5.41) is 3.00. The number of nitrogens with zero attached hydrogens (tertiary/aromatic N) is 1. The fourth-order valence-electron chi connectivity index (χ4n) is 2.05. The van der Waals surface area contributed by atoms with Crippen molar-refractivity contribution in [2.45, 2.75) is 13.0 Å². The molecule has 18 heavy (non-hydrogen) atoms. The van der Waals surface area contributed by atoms with Crippen LogP contribution in [0.15, 0.2) is 36.7 Å². The molecule has 0 radical (unpaired) electrons. The fraction of sp³-hybridized carbons (Fsp3) is 0.214. The van der Waals surface area contributed by atoms with Crippen molar-refractivity contribution in [1.29, 1.82) is 0 Å². The SMILES string of the molecule is CNC(c1cc(C)cc(F)c1)c1ccncc1F. The Morgan fingerprint density at radius 1 is 1.22 bits per heavy atom. The first-order chi connectivity index (χ1) is 8.61. The van der Waals surface area contributed by atoms with Crippen LogP contribution in [0, 0.1) is 18.6 Å². The standard InChI is InChI=1S/C14H14F2N2/c1-9-5-10(7-11(15)6-9)14(17-2)12-3-4-18-8-13(12)16/h3-8,14,17H,1-2H3. The number of pyridine rings is 1. The van der Waals surface area contributed by atoms with Crippen molar-refractivity contribution in [2.24, 2.45) is 0 Å². The lowest BCUT2D eigenvalue weighted by molar-refractivity contribution is 0.566. The van der Waals surface area contributed by atoms with Gasteiger partial charge in [0.25, 0.3) is 0 Å². The summed E-state index contributed by atoms with van der Waals surface area (Å²) in [4.78, 5) is 3.71. The Morgan fingerprint density at radius 3 is 2.61 bits per heavy atom. The van der Waals surface area contributed by atoms with Crippen LogP contribution in [0.5, 0.6) is 0 Å². The molecule has 0 aliphatic carbocycles. The van der Waals surface area contributed by atoms with E-state index >= 15 is 0 Å². The first-order valence-corrected chi connectivity index (χ1v) is 5.65. The Balaban J connectivity index is 2.48. The highest BCUT2D eigenvalue weighted by molar-refractivity contribution is 5.34. The number of benzene rings is 1. The minimum atomic E-state index is -0.404. The predicted octanol–water partition coefficient (Wildman–Crippen LogP) is 2.98. The first-order valence-electron chi connectivity index (χ1n) is 5.65. The van der Waals surface area contributed by atoms with Crippen LogP contribution in [0.25, 0.3) is 0 Å².